The van der Waals surface area contributed by atoms with Gasteiger partial charge in [-0.05, 0) is 62.1 Å². The summed E-state index contributed by atoms with van der Waals surface area (Å²) in [6, 6.07) is 9.46. The van der Waals surface area contributed by atoms with E-state index in [0.29, 0.717) is 12.3 Å². The van der Waals surface area contributed by atoms with Crippen LogP contribution in [0.4, 0.5) is 13.2 Å². The molecule has 0 bridgehead atoms. The first-order chi connectivity index (χ1) is 15.3. The molecule has 0 atom stereocenters. The van der Waals surface area contributed by atoms with Crippen LogP contribution in [0.3, 0.4) is 0 Å². The van der Waals surface area contributed by atoms with E-state index in [1.54, 1.807) is 12.1 Å². The molecule has 0 spiro atoms. The molecule has 0 aromatic heterocycles. The highest BCUT2D eigenvalue weighted by Crippen LogP contribution is 2.30. The van der Waals surface area contributed by atoms with E-state index in [0.717, 1.165) is 67.1 Å². The summed E-state index contributed by atoms with van der Waals surface area (Å²) in [4.78, 5) is 16.0. The highest BCUT2D eigenvalue weighted by molar-refractivity contribution is 5.77. The van der Waals surface area contributed by atoms with E-state index in [2.05, 4.69) is 9.80 Å². The van der Waals surface area contributed by atoms with Crippen molar-refractivity contribution in [2.24, 2.45) is 0 Å². The summed E-state index contributed by atoms with van der Waals surface area (Å²) in [5, 5.41) is 9.33. The van der Waals surface area contributed by atoms with Crippen LogP contribution in [0.2, 0.25) is 0 Å². The van der Waals surface area contributed by atoms with Crippen LogP contribution in [0, 0.1) is 13.8 Å². The monoisotopic (exact) mass is 464 g/mol. The Kier molecular flexibility index (Phi) is 7.39. The van der Waals surface area contributed by atoms with Gasteiger partial charge in [0.15, 0.2) is 5.60 Å². The predicted octanol–water partition coefficient (Wildman–Crippen LogP) is 4.88. The Bertz CT molecular complexity index is 956. The molecule has 0 aliphatic carbocycles. The number of carboxylic acids is 1. The zero-order chi connectivity index (χ0) is 24.4. The zero-order valence-corrected chi connectivity index (χ0v) is 19.5. The van der Waals surface area contributed by atoms with Gasteiger partial charge in [0.1, 0.15) is 5.75 Å². The van der Waals surface area contributed by atoms with Gasteiger partial charge < -0.3 is 9.84 Å². The van der Waals surface area contributed by atoms with Crippen molar-refractivity contribution in [2.45, 2.75) is 52.6 Å². The van der Waals surface area contributed by atoms with Crippen LogP contribution in [0.1, 0.15) is 41.7 Å². The fraction of sp³-hybridized carbons (Fsp3) is 0.480. The zero-order valence-electron chi connectivity index (χ0n) is 19.5. The Morgan fingerprint density at radius 1 is 0.909 bits per heavy atom. The molecule has 33 heavy (non-hydrogen) atoms. The molecule has 0 radical (unpaired) electrons. The third-order valence-corrected chi connectivity index (χ3v) is 5.95. The Labute approximate surface area is 192 Å². The Morgan fingerprint density at radius 3 is 1.79 bits per heavy atom. The molecule has 180 valence electrons. The van der Waals surface area contributed by atoms with E-state index in [-0.39, 0.29) is 0 Å². The number of nitrogens with zero attached hydrogens (tertiary/aromatic N) is 2. The summed E-state index contributed by atoms with van der Waals surface area (Å²) >= 11 is 0. The van der Waals surface area contributed by atoms with Crippen molar-refractivity contribution in [3.8, 4) is 5.75 Å². The topological polar surface area (TPSA) is 53.0 Å². The lowest BCUT2D eigenvalue weighted by molar-refractivity contribution is -0.152. The molecular formula is C25H31F3N2O3. The van der Waals surface area contributed by atoms with Gasteiger partial charge in [-0.25, -0.2) is 4.79 Å². The minimum atomic E-state index is -4.31. The standard InChI is InChI=1S/C25H31F3N2O3/c1-17-13-20(14-18(2)22(17)33-24(3,4)23(31)32)16-30-11-9-29(10-12-30)15-19-5-7-21(8-6-19)25(26,27)28/h5-8,13-14H,9-12,15-16H2,1-4H3,(H,31,32). The van der Waals surface area contributed by atoms with E-state index in [9.17, 15) is 23.1 Å². The molecule has 1 saturated heterocycles. The quantitative estimate of drug-likeness (QED) is 0.633. The first-order valence-electron chi connectivity index (χ1n) is 11.0. The number of ether oxygens (including phenoxy) is 1. The van der Waals surface area contributed by atoms with Crippen molar-refractivity contribution >= 4 is 5.97 Å². The summed E-state index contributed by atoms with van der Waals surface area (Å²) < 4.78 is 44.0. The van der Waals surface area contributed by atoms with Crippen LogP contribution in [0.15, 0.2) is 36.4 Å². The number of piperazine rings is 1. The van der Waals surface area contributed by atoms with Gasteiger partial charge in [0.05, 0.1) is 5.56 Å². The van der Waals surface area contributed by atoms with Crippen molar-refractivity contribution < 1.29 is 27.8 Å². The molecule has 1 N–H and O–H groups in total. The number of aryl methyl sites for hydroxylation is 2. The van der Waals surface area contributed by atoms with E-state index in [1.807, 2.05) is 26.0 Å². The van der Waals surface area contributed by atoms with Crippen molar-refractivity contribution in [1.29, 1.82) is 0 Å². The van der Waals surface area contributed by atoms with E-state index < -0.39 is 23.3 Å². The van der Waals surface area contributed by atoms with Crippen LogP contribution >= 0.6 is 0 Å². The SMILES string of the molecule is Cc1cc(CN2CCN(Cc3ccc(C(F)(F)F)cc3)CC2)cc(C)c1OC(C)(C)C(=O)O. The van der Waals surface area contributed by atoms with Gasteiger partial charge in [-0.3, -0.25) is 9.80 Å². The maximum atomic E-state index is 12.7. The maximum Gasteiger partial charge on any atom is 0.416 e. The van der Waals surface area contributed by atoms with Crippen LogP contribution in [-0.2, 0) is 24.1 Å². The summed E-state index contributed by atoms with van der Waals surface area (Å²) in [5.41, 5.74) is 1.90. The molecule has 1 fully saturated rings. The summed E-state index contributed by atoms with van der Waals surface area (Å²) in [5.74, 6) is -0.410. The fourth-order valence-electron chi connectivity index (χ4n) is 4.01. The predicted molar refractivity (Wildman–Crippen MR) is 120 cm³/mol. The minimum absolute atomic E-state index is 0.604. The van der Waals surface area contributed by atoms with Gasteiger partial charge in [-0.15, -0.1) is 0 Å². The lowest BCUT2D eigenvalue weighted by atomic mass is 10.0. The second-order valence-electron chi connectivity index (χ2n) is 9.22. The molecular weight excluding hydrogens is 433 g/mol. The van der Waals surface area contributed by atoms with Gasteiger partial charge >= 0.3 is 12.1 Å². The van der Waals surface area contributed by atoms with Crippen LogP contribution in [0.5, 0.6) is 5.75 Å². The number of alkyl halides is 3. The number of carbonyl (C=O) groups is 1. The van der Waals surface area contributed by atoms with Gasteiger partial charge in [0, 0.05) is 39.3 Å². The lowest BCUT2D eigenvalue weighted by Crippen LogP contribution is -2.45. The van der Waals surface area contributed by atoms with E-state index >= 15 is 0 Å². The Morgan fingerprint density at radius 2 is 1.36 bits per heavy atom. The van der Waals surface area contributed by atoms with Gasteiger partial charge in [-0.2, -0.15) is 13.2 Å². The first kappa shape index (κ1) is 25.1. The number of halogens is 3. The Hall–Kier alpha value is -2.58. The van der Waals surface area contributed by atoms with Crippen molar-refractivity contribution in [3.63, 3.8) is 0 Å². The van der Waals surface area contributed by atoms with Crippen molar-refractivity contribution in [1.82, 2.24) is 9.80 Å². The van der Waals surface area contributed by atoms with Crippen LogP contribution in [0.25, 0.3) is 0 Å². The van der Waals surface area contributed by atoms with Crippen molar-refractivity contribution in [3.05, 3.63) is 64.2 Å². The minimum Gasteiger partial charge on any atom is -0.478 e. The molecule has 0 unspecified atom stereocenters. The summed E-state index contributed by atoms with van der Waals surface area (Å²) in [7, 11) is 0. The van der Waals surface area contributed by atoms with Gasteiger partial charge in [0.2, 0.25) is 0 Å². The number of hydrogen-bond donors (Lipinski definition) is 1. The van der Waals surface area contributed by atoms with Crippen LogP contribution in [-0.4, -0.2) is 52.7 Å². The molecule has 3 rings (SSSR count). The smallest absolute Gasteiger partial charge is 0.416 e. The lowest BCUT2D eigenvalue weighted by Gasteiger charge is -2.35. The molecule has 8 heteroatoms. The number of aliphatic carboxylic acids is 1. The highest BCUT2D eigenvalue weighted by Gasteiger charge is 2.31. The number of benzene rings is 2. The molecule has 0 saturated carbocycles. The maximum absolute atomic E-state index is 12.7. The number of rotatable bonds is 7. The van der Waals surface area contributed by atoms with E-state index in [4.69, 9.17) is 4.74 Å². The summed E-state index contributed by atoms with van der Waals surface area (Å²) in [6.45, 7) is 11.7. The normalized spacial score (nSPS) is 16.1. The average molecular weight is 465 g/mol. The summed E-state index contributed by atoms with van der Waals surface area (Å²) in [6.07, 6.45) is -4.31. The van der Waals surface area contributed by atoms with Gasteiger partial charge in [0.25, 0.3) is 0 Å². The molecule has 5 nitrogen and oxygen atoms in total. The molecule has 1 heterocycles. The molecule has 0 amide bonds. The third kappa shape index (κ3) is 6.48. The Balaban J connectivity index is 1.55. The second-order valence-corrected chi connectivity index (χ2v) is 9.22. The van der Waals surface area contributed by atoms with Crippen LogP contribution < -0.4 is 4.74 Å². The van der Waals surface area contributed by atoms with Gasteiger partial charge in [-0.1, -0.05) is 24.3 Å². The first-order valence-corrected chi connectivity index (χ1v) is 11.0. The second kappa shape index (κ2) is 9.73. The average Bonchev–Trinajstić information content (AvgIpc) is 2.72. The molecule has 1 aliphatic heterocycles. The largest absolute Gasteiger partial charge is 0.478 e. The van der Waals surface area contributed by atoms with E-state index in [1.165, 1.54) is 13.8 Å². The fourth-order valence-corrected chi connectivity index (χ4v) is 4.01. The molecule has 2 aromatic rings. The van der Waals surface area contributed by atoms with Crippen molar-refractivity contribution in [2.75, 3.05) is 26.2 Å². The number of carboxylic acid groups (broad SMARTS) is 1. The highest BCUT2D eigenvalue weighted by atomic mass is 19.4. The number of hydrogen-bond acceptors (Lipinski definition) is 4. The third-order valence-electron chi connectivity index (χ3n) is 5.95. The molecule has 1 aliphatic rings. The molecule has 2 aromatic carbocycles.